The molecule has 0 spiro atoms. The zero-order valence-corrected chi connectivity index (χ0v) is 25.8. The van der Waals surface area contributed by atoms with Gasteiger partial charge in [0.1, 0.15) is 12.0 Å². The first-order chi connectivity index (χ1) is 18.6. The molecule has 2 saturated heterocycles. The van der Waals surface area contributed by atoms with E-state index in [1.165, 1.54) is 25.3 Å². The van der Waals surface area contributed by atoms with Crippen molar-refractivity contribution in [1.82, 2.24) is 20.9 Å². The van der Waals surface area contributed by atoms with Crippen LogP contribution in [-0.2, 0) is 9.36 Å². The lowest BCUT2D eigenvalue weighted by Crippen LogP contribution is -2.71. The Labute approximate surface area is 239 Å². The first-order valence-electron chi connectivity index (χ1n) is 14.2. The van der Waals surface area contributed by atoms with Crippen molar-refractivity contribution in [3.05, 3.63) is 30.9 Å². The zero-order valence-electron chi connectivity index (χ0n) is 24.1. The number of anilines is 2. The highest BCUT2D eigenvalue weighted by Gasteiger charge is 2.42. The number of piperidine rings is 1. The highest BCUT2D eigenvalue weighted by Crippen LogP contribution is 2.48. The fourth-order valence-electron chi connectivity index (χ4n) is 5.68. The van der Waals surface area contributed by atoms with Crippen LogP contribution in [0.2, 0.25) is 0 Å². The molecule has 11 heteroatoms. The monoisotopic (exact) mass is 582 g/mol. The van der Waals surface area contributed by atoms with Gasteiger partial charge in [0.05, 0.1) is 31.5 Å². The fourth-order valence-corrected chi connectivity index (χ4v) is 7.81. The van der Waals surface area contributed by atoms with Gasteiger partial charge in [0.25, 0.3) is 0 Å². The van der Waals surface area contributed by atoms with Crippen LogP contribution in [0, 0.1) is 0 Å². The Morgan fingerprint density at radius 3 is 2.67 bits per heavy atom. The normalized spacial score (nSPS) is 28.1. The van der Waals surface area contributed by atoms with Gasteiger partial charge < -0.3 is 25.3 Å². The highest BCUT2D eigenvalue weighted by molar-refractivity contribution is 7.63. The summed E-state index contributed by atoms with van der Waals surface area (Å²) in [5.74, 6) is 0.379. The number of halogens is 1. The quantitative estimate of drug-likeness (QED) is 0.102. The summed E-state index contributed by atoms with van der Waals surface area (Å²) >= 11 is 6.91. The van der Waals surface area contributed by atoms with E-state index < -0.39 is 7.14 Å². The van der Waals surface area contributed by atoms with Crippen molar-refractivity contribution in [3.63, 3.8) is 0 Å². The van der Waals surface area contributed by atoms with Gasteiger partial charge in [-0.1, -0.05) is 39.7 Å². The smallest absolute Gasteiger partial charge is 0.247 e. The lowest BCUT2D eigenvalue weighted by atomic mass is 9.95. The zero-order chi connectivity index (χ0) is 28.6. The number of benzene rings is 1. The molecule has 5 N–H and O–H groups in total. The molecular weight excluding hydrogens is 535 g/mol. The van der Waals surface area contributed by atoms with Crippen LogP contribution in [0.3, 0.4) is 0 Å². The number of nitrogens with one attached hydrogen (secondary N) is 5. The Morgan fingerprint density at radius 2 is 2.03 bits per heavy atom. The number of unbranched alkanes of at least 4 members (excludes halogenated alkanes) is 2. The molecule has 0 bridgehead atoms. The van der Waals surface area contributed by atoms with Crippen LogP contribution in [0.5, 0.6) is 5.75 Å². The van der Waals surface area contributed by atoms with Crippen molar-refractivity contribution in [1.29, 1.82) is 0 Å². The number of amides is 1. The largest absolute Gasteiger partial charge is 0.495 e. The third-order valence-electron chi connectivity index (χ3n) is 7.80. The maximum atomic E-state index is 13.4. The van der Waals surface area contributed by atoms with E-state index in [1.807, 2.05) is 25.5 Å². The second kappa shape index (κ2) is 14.9. The second-order valence-corrected chi connectivity index (χ2v) is 15.1. The third-order valence-corrected chi connectivity index (χ3v) is 10.4. The van der Waals surface area contributed by atoms with E-state index in [2.05, 4.69) is 51.9 Å². The minimum Gasteiger partial charge on any atom is -0.495 e. The van der Waals surface area contributed by atoms with Crippen molar-refractivity contribution in [2.75, 3.05) is 50.7 Å². The van der Waals surface area contributed by atoms with E-state index in [0.717, 1.165) is 31.6 Å². The molecule has 1 aromatic rings. The Balaban J connectivity index is 1.77. The molecule has 0 aromatic heterocycles. The molecule has 2 aliphatic rings. The molecule has 6 atom stereocenters. The molecule has 0 aliphatic carbocycles. The van der Waals surface area contributed by atoms with Crippen LogP contribution in [-0.4, -0.2) is 86.5 Å². The van der Waals surface area contributed by atoms with Crippen LogP contribution in [0.1, 0.15) is 46.0 Å². The average Bonchev–Trinajstić information content (AvgIpc) is 2.91. The van der Waals surface area contributed by atoms with Crippen molar-refractivity contribution in [2.45, 2.75) is 81.5 Å². The molecule has 1 amide bonds. The van der Waals surface area contributed by atoms with Gasteiger partial charge in [0.15, 0.2) is 0 Å². The van der Waals surface area contributed by atoms with E-state index in [9.17, 15) is 9.36 Å². The van der Waals surface area contributed by atoms with Crippen LogP contribution >= 0.6 is 18.7 Å². The first kappa shape index (κ1) is 31.9. The Bertz CT molecular complexity index is 1010. The van der Waals surface area contributed by atoms with Gasteiger partial charge >= 0.3 is 0 Å². The number of hydrogen-bond donors (Lipinski definition) is 5. The van der Waals surface area contributed by atoms with Crippen LogP contribution < -0.4 is 31.3 Å². The van der Waals surface area contributed by atoms with Gasteiger partial charge in [-0.25, -0.2) is 0 Å². The standard InChI is InChI=1S/C28H48ClN6O3P/c1-7-10-11-12-19-16-25(39(5,6)37)23(18-30-19)33-27-21(29)17-31-28(35(27)9-3)34-22-15-20(32-26(36)8-2)13-14-24(22)38-4/h8,13-15,19,21,23,25,27-28,30-31,33-34H,2,7,9-12,16-18H2,1,3-6H3,(H,32,36). The number of methoxy groups -OCH3 is 1. The van der Waals surface area contributed by atoms with Crippen molar-refractivity contribution in [2.24, 2.45) is 0 Å². The van der Waals surface area contributed by atoms with Gasteiger partial charge in [-0.2, -0.15) is 0 Å². The van der Waals surface area contributed by atoms with Crippen molar-refractivity contribution < 1.29 is 14.1 Å². The Hall–Kier alpha value is -1.61. The van der Waals surface area contributed by atoms with Crippen LogP contribution in [0.15, 0.2) is 30.9 Å². The summed E-state index contributed by atoms with van der Waals surface area (Å²) in [7, 11) is -0.725. The second-order valence-electron chi connectivity index (χ2n) is 11.0. The third kappa shape index (κ3) is 8.69. The SMILES string of the molecule is C=CC(=O)Nc1ccc(OC)c(NC2NCC(Cl)C(NC3CNC(CCCCC)CC3P(C)(C)=O)N2CC)c1. The molecule has 3 rings (SSSR count). The number of ether oxygens (including phenoxy) is 1. The Morgan fingerprint density at radius 1 is 1.26 bits per heavy atom. The maximum Gasteiger partial charge on any atom is 0.247 e. The molecule has 39 heavy (non-hydrogen) atoms. The molecule has 6 unspecified atom stereocenters. The summed E-state index contributed by atoms with van der Waals surface area (Å²) < 4.78 is 19.0. The number of nitrogens with zero attached hydrogens (tertiary/aromatic N) is 1. The molecule has 2 heterocycles. The molecule has 9 nitrogen and oxygen atoms in total. The molecule has 2 fully saturated rings. The average molecular weight is 583 g/mol. The van der Waals surface area contributed by atoms with Crippen molar-refractivity contribution in [3.8, 4) is 5.75 Å². The van der Waals surface area contributed by atoms with E-state index in [0.29, 0.717) is 24.0 Å². The lowest BCUT2D eigenvalue weighted by molar-refractivity contribution is -0.111. The molecule has 2 aliphatic heterocycles. The lowest BCUT2D eigenvalue weighted by Gasteiger charge is -2.49. The summed E-state index contributed by atoms with van der Waals surface area (Å²) in [5.41, 5.74) is 1.47. The van der Waals surface area contributed by atoms with Gasteiger partial charge in [0, 0.05) is 43.1 Å². The summed E-state index contributed by atoms with van der Waals surface area (Å²) in [6.07, 6.45) is 6.54. The van der Waals surface area contributed by atoms with E-state index in [-0.39, 0.29) is 35.4 Å². The van der Waals surface area contributed by atoms with Crippen LogP contribution in [0.25, 0.3) is 0 Å². The number of alkyl halides is 1. The summed E-state index contributed by atoms with van der Waals surface area (Å²) in [6, 6.07) is 5.91. The summed E-state index contributed by atoms with van der Waals surface area (Å²) in [6.45, 7) is 13.8. The molecule has 0 saturated carbocycles. The topological polar surface area (TPSA) is 107 Å². The van der Waals surface area contributed by atoms with Gasteiger partial charge in [-0.15, -0.1) is 11.6 Å². The van der Waals surface area contributed by atoms with Gasteiger partial charge in [-0.05, 0) is 50.4 Å². The number of hydrogen-bond acceptors (Lipinski definition) is 8. The number of carbonyl (C=O) groups is 1. The summed E-state index contributed by atoms with van der Waals surface area (Å²) in [5, 5.41) is 17.2. The van der Waals surface area contributed by atoms with E-state index in [1.54, 1.807) is 13.2 Å². The van der Waals surface area contributed by atoms with Gasteiger partial charge in [0.2, 0.25) is 5.91 Å². The van der Waals surface area contributed by atoms with E-state index >= 15 is 0 Å². The minimum atomic E-state index is -2.34. The molecule has 220 valence electrons. The maximum absolute atomic E-state index is 13.4. The van der Waals surface area contributed by atoms with Crippen LogP contribution in [0.4, 0.5) is 11.4 Å². The predicted octanol–water partition coefficient (Wildman–Crippen LogP) is 4.27. The molecular formula is C28H48ClN6O3P. The molecule has 1 aromatic carbocycles. The predicted molar refractivity (Wildman–Crippen MR) is 164 cm³/mol. The first-order valence-corrected chi connectivity index (χ1v) is 17.3. The number of carbonyl (C=O) groups excluding carboxylic acids is 1. The minimum absolute atomic E-state index is 0.0549. The fraction of sp³-hybridized carbons (Fsp3) is 0.679. The summed E-state index contributed by atoms with van der Waals surface area (Å²) in [4.78, 5) is 14.1. The van der Waals surface area contributed by atoms with E-state index in [4.69, 9.17) is 16.3 Å². The highest BCUT2D eigenvalue weighted by atomic mass is 35.5. The Kier molecular flexibility index (Phi) is 12.2. The molecule has 0 radical (unpaired) electrons. The number of rotatable bonds is 13. The van der Waals surface area contributed by atoms with Gasteiger partial charge in [-0.3, -0.25) is 20.3 Å². The van der Waals surface area contributed by atoms with Crippen molar-refractivity contribution >= 4 is 36.0 Å².